The maximum absolute atomic E-state index is 11.1. The van der Waals surface area contributed by atoms with Crippen LogP contribution < -0.4 is 4.74 Å². The van der Waals surface area contributed by atoms with Gasteiger partial charge in [0.2, 0.25) is 0 Å². The van der Waals surface area contributed by atoms with E-state index in [0.29, 0.717) is 39.2 Å². The van der Waals surface area contributed by atoms with Gasteiger partial charge in [0, 0.05) is 49.0 Å². The lowest BCUT2D eigenvalue weighted by atomic mass is 10.1. The third-order valence-corrected chi connectivity index (χ3v) is 6.46. The first-order chi connectivity index (χ1) is 17.0. The molecule has 1 atom stereocenters. The number of nitrogens with zero attached hydrogens (tertiary/aromatic N) is 3. The van der Waals surface area contributed by atoms with Crippen molar-refractivity contribution < 1.29 is 14.9 Å². The molecule has 0 aliphatic heterocycles. The Bertz CT molecular complexity index is 1220. The maximum atomic E-state index is 11.1. The van der Waals surface area contributed by atoms with Crippen LogP contribution in [0, 0.1) is 13.8 Å². The topological polar surface area (TPSA) is 70.8 Å². The molecule has 0 spiro atoms. The van der Waals surface area contributed by atoms with Crippen LogP contribution in [0.5, 0.6) is 5.75 Å². The van der Waals surface area contributed by atoms with Gasteiger partial charge in [0.15, 0.2) is 0 Å². The second kappa shape index (κ2) is 12.0. The third-order valence-electron chi connectivity index (χ3n) is 6.46. The van der Waals surface area contributed by atoms with Crippen LogP contribution in [0.2, 0.25) is 0 Å². The van der Waals surface area contributed by atoms with Crippen LogP contribution in [0.3, 0.4) is 0 Å². The van der Waals surface area contributed by atoms with Crippen molar-refractivity contribution in [2.45, 2.75) is 46.1 Å². The standard InChI is InChI=1S/C29H35N3O3/c1-22-23(2)32(29-13-4-3-12-28(22)29)20-26(34)19-31(15-8-16-33)18-24-9-7-11-27(17-24)35-21-25-10-5-6-14-30-25/h3-7,9-14,17,26,33-34H,8,15-16,18-21H2,1-2H3/t26-/m1/s1. The van der Waals surface area contributed by atoms with Gasteiger partial charge in [-0.05, 0) is 61.7 Å². The number of rotatable bonds is 12. The summed E-state index contributed by atoms with van der Waals surface area (Å²) in [6, 6.07) is 22.2. The van der Waals surface area contributed by atoms with Crippen molar-refractivity contribution in [3.05, 3.63) is 95.4 Å². The van der Waals surface area contributed by atoms with E-state index in [2.05, 4.69) is 52.6 Å². The minimum absolute atomic E-state index is 0.125. The van der Waals surface area contributed by atoms with E-state index in [4.69, 9.17) is 4.74 Å². The van der Waals surface area contributed by atoms with Gasteiger partial charge in [0.1, 0.15) is 12.4 Å². The summed E-state index contributed by atoms with van der Waals surface area (Å²) in [6.45, 7) is 7.21. The average molecular weight is 474 g/mol. The average Bonchev–Trinajstić information content (AvgIpc) is 3.12. The molecule has 4 rings (SSSR count). The molecule has 0 saturated heterocycles. The summed E-state index contributed by atoms with van der Waals surface area (Å²) < 4.78 is 8.15. The minimum atomic E-state index is -0.536. The Kier molecular flexibility index (Phi) is 8.53. The molecule has 2 aromatic heterocycles. The molecule has 184 valence electrons. The summed E-state index contributed by atoms with van der Waals surface area (Å²) in [5.74, 6) is 0.792. The van der Waals surface area contributed by atoms with Crippen LogP contribution >= 0.6 is 0 Å². The zero-order valence-electron chi connectivity index (χ0n) is 20.6. The number of aromatic nitrogens is 2. The second-order valence-corrected chi connectivity index (χ2v) is 9.06. The molecule has 0 bridgehead atoms. The highest BCUT2D eigenvalue weighted by atomic mass is 16.5. The van der Waals surface area contributed by atoms with Gasteiger partial charge in [-0.25, -0.2) is 0 Å². The second-order valence-electron chi connectivity index (χ2n) is 9.06. The molecule has 4 aromatic rings. The van der Waals surface area contributed by atoms with Crippen molar-refractivity contribution in [1.29, 1.82) is 0 Å². The molecule has 0 saturated carbocycles. The quantitative estimate of drug-likeness (QED) is 0.318. The Morgan fingerprint density at radius 2 is 1.86 bits per heavy atom. The van der Waals surface area contributed by atoms with Crippen LogP contribution in [0.25, 0.3) is 10.9 Å². The largest absolute Gasteiger partial charge is 0.487 e. The lowest BCUT2D eigenvalue weighted by Gasteiger charge is -2.26. The van der Waals surface area contributed by atoms with Gasteiger partial charge in [-0.2, -0.15) is 0 Å². The SMILES string of the molecule is Cc1c(C)n(C[C@H](O)CN(CCCO)Cc2cccc(OCc3ccccn3)c2)c2ccccc12. The van der Waals surface area contributed by atoms with E-state index in [1.54, 1.807) is 6.20 Å². The van der Waals surface area contributed by atoms with Crippen LogP contribution in [0.1, 0.15) is 28.9 Å². The van der Waals surface area contributed by atoms with Crippen LogP contribution in [0.4, 0.5) is 0 Å². The summed E-state index contributed by atoms with van der Waals surface area (Å²) in [5, 5.41) is 21.7. The number of hydrogen-bond acceptors (Lipinski definition) is 5. The lowest BCUT2D eigenvalue weighted by Crippen LogP contribution is -2.35. The Hall–Kier alpha value is -3.19. The molecule has 0 aliphatic rings. The van der Waals surface area contributed by atoms with Gasteiger partial charge >= 0.3 is 0 Å². The molecule has 0 aliphatic carbocycles. The first-order valence-electron chi connectivity index (χ1n) is 12.2. The fourth-order valence-electron chi connectivity index (χ4n) is 4.57. The highest BCUT2D eigenvalue weighted by Crippen LogP contribution is 2.25. The summed E-state index contributed by atoms with van der Waals surface area (Å²) in [4.78, 5) is 6.51. The molecule has 2 heterocycles. The van der Waals surface area contributed by atoms with E-state index in [1.165, 1.54) is 16.6 Å². The first kappa shape index (κ1) is 24.9. The third kappa shape index (κ3) is 6.48. The molecular weight excluding hydrogens is 438 g/mol. The Morgan fingerprint density at radius 3 is 2.66 bits per heavy atom. The zero-order chi connectivity index (χ0) is 24.6. The van der Waals surface area contributed by atoms with Gasteiger partial charge in [-0.15, -0.1) is 0 Å². The van der Waals surface area contributed by atoms with Gasteiger partial charge in [0.05, 0.1) is 18.3 Å². The molecule has 2 N–H and O–H groups in total. The molecule has 35 heavy (non-hydrogen) atoms. The lowest BCUT2D eigenvalue weighted by molar-refractivity contribution is 0.0908. The molecule has 2 aromatic carbocycles. The highest BCUT2D eigenvalue weighted by Gasteiger charge is 2.17. The maximum Gasteiger partial charge on any atom is 0.130 e. The molecular formula is C29H35N3O3. The Balaban J connectivity index is 1.42. The number of aliphatic hydroxyl groups is 2. The number of aryl methyl sites for hydroxylation is 1. The first-order valence-corrected chi connectivity index (χ1v) is 12.2. The van der Waals surface area contributed by atoms with E-state index in [1.807, 2.05) is 42.5 Å². The van der Waals surface area contributed by atoms with E-state index >= 15 is 0 Å². The van der Waals surface area contributed by atoms with Crippen molar-refractivity contribution in [1.82, 2.24) is 14.5 Å². The highest BCUT2D eigenvalue weighted by molar-refractivity contribution is 5.85. The van der Waals surface area contributed by atoms with Crippen LogP contribution in [-0.2, 0) is 19.7 Å². The normalized spacial score (nSPS) is 12.4. The number of hydrogen-bond donors (Lipinski definition) is 2. The minimum Gasteiger partial charge on any atom is -0.487 e. The predicted molar refractivity (Wildman–Crippen MR) is 139 cm³/mol. The number of fused-ring (bicyclic) bond motifs is 1. The summed E-state index contributed by atoms with van der Waals surface area (Å²) in [7, 11) is 0. The summed E-state index contributed by atoms with van der Waals surface area (Å²) in [6.07, 6.45) is 1.89. The van der Waals surface area contributed by atoms with Crippen molar-refractivity contribution in [3.63, 3.8) is 0 Å². The number of aliphatic hydroxyl groups excluding tert-OH is 2. The number of pyridine rings is 1. The Morgan fingerprint density at radius 1 is 1.03 bits per heavy atom. The molecule has 0 amide bonds. The van der Waals surface area contributed by atoms with Gasteiger partial charge in [-0.3, -0.25) is 9.88 Å². The predicted octanol–water partition coefficient (Wildman–Crippen LogP) is 4.48. The van der Waals surface area contributed by atoms with E-state index in [0.717, 1.165) is 22.5 Å². The zero-order valence-corrected chi connectivity index (χ0v) is 20.6. The van der Waals surface area contributed by atoms with Gasteiger partial charge in [0.25, 0.3) is 0 Å². The number of para-hydroxylation sites is 1. The molecule has 6 nitrogen and oxygen atoms in total. The van der Waals surface area contributed by atoms with E-state index in [-0.39, 0.29) is 6.61 Å². The van der Waals surface area contributed by atoms with E-state index < -0.39 is 6.10 Å². The summed E-state index contributed by atoms with van der Waals surface area (Å²) in [5.41, 5.74) is 5.58. The van der Waals surface area contributed by atoms with Gasteiger partial charge in [-0.1, -0.05) is 36.4 Å². The van der Waals surface area contributed by atoms with E-state index in [9.17, 15) is 10.2 Å². The number of benzene rings is 2. The van der Waals surface area contributed by atoms with Crippen LogP contribution in [-0.4, -0.2) is 50.5 Å². The molecule has 0 fully saturated rings. The molecule has 0 unspecified atom stereocenters. The summed E-state index contributed by atoms with van der Waals surface area (Å²) >= 11 is 0. The van der Waals surface area contributed by atoms with Crippen molar-refractivity contribution >= 4 is 10.9 Å². The molecule has 0 radical (unpaired) electrons. The van der Waals surface area contributed by atoms with Crippen LogP contribution in [0.15, 0.2) is 72.9 Å². The van der Waals surface area contributed by atoms with Crippen molar-refractivity contribution in [3.8, 4) is 5.75 Å². The van der Waals surface area contributed by atoms with Gasteiger partial charge < -0.3 is 19.5 Å². The monoisotopic (exact) mass is 473 g/mol. The molecule has 6 heteroatoms. The fraction of sp³-hybridized carbons (Fsp3) is 0.345. The fourth-order valence-corrected chi connectivity index (χ4v) is 4.57. The van der Waals surface area contributed by atoms with Crippen molar-refractivity contribution in [2.75, 3.05) is 19.7 Å². The smallest absolute Gasteiger partial charge is 0.130 e. The Labute approximate surface area is 207 Å². The van der Waals surface area contributed by atoms with Crippen molar-refractivity contribution in [2.24, 2.45) is 0 Å². The number of ether oxygens (including phenoxy) is 1.